The zero-order valence-corrected chi connectivity index (χ0v) is 12.7. The SMILES string of the molecule is O=C(NCc1cc(F)cc(F)c1)N1CCCCc2ccccc21. The Balaban J connectivity index is 1.73. The lowest BCUT2D eigenvalue weighted by molar-refractivity contribution is 0.246. The highest BCUT2D eigenvalue weighted by molar-refractivity contribution is 5.92. The number of anilines is 1. The van der Waals surface area contributed by atoms with Crippen LogP contribution in [-0.4, -0.2) is 12.6 Å². The van der Waals surface area contributed by atoms with Gasteiger partial charge in [0.2, 0.25) is 0 Å². The fraction of sp³-hybridized carbons (Fsp3) is 0.278. The highest BCUT2D eigenvalue weighted by Gasteiger charge is 2.20. The van der Waals surface area contributed by atoms with Crippen LogP contribution in [-0.2, 0) is 13.0 Å². The zero-order chi connectivity index (χ0) is 16.2. The summed E-state index contributed by atoms with van der Waals surface area (Å²) in [5.74, 6) is -1.29. The maximum Gasteiger partial charge on any atom is 0.322 e. The largest absolute Gasteiger partial charge is 0.334 e. The molecular formula is C18H18F2N2O. The van der Waals surface area contributed by atoms with Crippen LogP contribution in [0.3, 0.4) is 0 Å². The van der Waals surface area contributed by atoms with Crippen molar-refractivity contribution in [3.8, 4) is 0 Å². The van der Waals surface area contributed by atoms with Crippen molar-refractivity contribution in [3.05, 3.63) is 65.2 Å². The normalized spacial score (nSPS) is 14.1. The summed E-state index contributed by atoms with van der Waals surface area (Å²) in [5, 5.41) is 2.75. The summed E-state index contributed by atoms with van der Waals surface area (Å²) in [6.45, 7) is 0.729. The van der Waals surface area contributed by atoms with Gasteiger partial charge in [-0.15, -0.1) is 0 Å². The van der Waals surface area contributed by atoms with Gasteiger partial charge in [-0.2, -0.15) is 0 Å². The lowest BCUT2D eigenvalue weighted by Crippen LogP contribution is -2.40. The van der Waals surface area contributed by atoms with Gasteiger partial charge < -0.3 is 5.32 Å². The molecule has 0 bridgehead atoms. The molecule has 0 fully saturated rings. The molecule has 0 unspecified atom stereocenters. The second-order valence-electron chi connectivity index (χ2n) is 5.67. The lowest BCUT2D eigenvalue weighted by Gasteiger charge is -2.23. The molecule has 0 saturated carbocycles. The van der Waals surface area contributed by atoms with Crippen LogP contribution in [0, 0.1) is 11.6 Å². The Labute approximate surface area is 133 Å². The van der Waals surface area contributed by atoms with Gasteiger partial charge in [0.1, 0.15) is 11.6 Å². The van der Waals surface area contributed by atoms with Gasteiger partial charge in [0, 0.05) is 24.8 Å². The first-order chi connectivity index (χ1) is 11.1. The van der Waals surface area contributed by atoms with Crippen molar-refractivity contribution in [3.63, 3.8) is 0 Å². The molecule has 0 atom stereocenters. The Bertz CT molecular complexity index is 698. The van der Waals surface area contributed by atoms with Crippen molar-refractivity contribution < 1.29 is 13.6 Å². The fourth-order valence-electron chi connectivity index (χ4n) is 2.89. The summed E-state index contributed by atoms with van der Waals surface area (Å²) < 4.78 is 26.4. The average molecular weight is 316 g/mol. The molecule has 1 aliphatic rings. The fourth-order valence-corrected chi connectivity index (χ4v) is 2.89. The van der Waals surface area contributed by atoms with Crippen molar-refractivity contribution in [2.75, 3.05) is 11.4 Å². The topological polar surface area (TPSA) is 32.3 Å². The van der Waals surface area contributed by atoms with E-state index in [1.54, 1.807) is 4.90 Å². The second-order valence-corrected chi connectivity index (χ2v) is 5.67. The monoisotopic (exact) mass is 316 g/mol. The zero-order valence-electron chi connectivity index (χ0n) is 12.7. The first-order valence-electron chi connectivity index (χ1n) is 7.72. The van der Waals surface area contributed by atoms with E-state index in [9.17, 15) is 13.6 Å². The van der Waals surface area contributed by atoms with Crippen LogP contribution in [0.2, 0.25) is 0 Å². The van der Waals surface area contributed by atoms with Crippen LogP contribution in [0.5, 0.6) is 0 Å². The van der Waals surface area contributed by atoms with Gasteiger partial charge in [-0.05, 0) is 48.6 Å². The summed E-state index contributed by atoms with van der Waals surface area (Å²) in [5.41, 5.74) is 2.46. The van der Waals surface area contributed by atoms with Crippen molar-refractivity contribution in [2.24, 2.45) is 0 Å². The molecule has 5 heteroatoms. The molecule has 3 nitrogen and oxygen atoms in total. The quantitative estimate of drug-likeness (QED) is 0.892. The Morgan fingerprint density at radius 2 is 1.83 bits per heavy atom. The lowest BCUT2D eigenvalue weighted by atomic mass is 10.1. The van der Waals surface area contributed by atoms with E-state index in [-0.39, 0.29) is 12.6 Å². The van der Waals surface area contributed by atoms with Crippen molar-refractivity contribution in [1.82, 2.24) is 5.32 Å². The Hall–Kier alpha value is -2.43. The van der Waals surface area contributed by atoms with Crippen LogP contribution < -0.4 is 10.2 Å². The van der Waals surface area contributed by atoms with Gasteiger partial charge in [-0.25, -0.2) is 13.6 Å². The predicted molar refractivity (Wildman–Crippen MR) is 85.3 cm³/mol. The molecule has 2 aromatic rings. The number of nitrogens with zero attached hydrogens (tertiary/aromatic N) is 1. The summed E-state index contributed by atoms with van der Waals surface area (Å²) in [6.07, 6.45) is 2.92. The maximum absolute atomic E-state index is 13.2. The van der Waals surface area contributed by atoms with Crippen molar-refractivity contribution in [1.29, 1.82) is 0 Å². The number of hydrogen-bond donors (Lipinski definition) is 1. The average Bonchev–Trinajstić information content (AvgIpc) is 2.74. The molecule has 2 amide bonds. The van der Waals surface area contributed by atoms with E-state index in [0.717, 1.165) is 36.6 Å². The maximum atomic E-state index is 13.2. The van der Waals surface area contributed by atoms with Gasteiger partial charge in [0.15, 0.2) is 0 Å². The van der Waals surface area contributed by atoms with E-state index in [1.807, 2.05) is 24.3 Å². The highest BCUT2D eigenvalue weighted by Crippen LogP contribution is 2.26. The molecule has 1 heterocycles. The minimum atomic E-state index is -0.644. The van der Waals surface area contributed by atoms with Crippen LogP contribution >= 0.6 is 0 Å². The summed E-state index contributed by atoms with van der Waals surface area (Å²) in [6, 6.07) is 10.9. The number of amides is 2. The number of carbonyl (C=O) groups is 1. The number of para-hydroxylation sites is 1. The molecule has 23 heavy (non-hydrogen) atoms. The van der Waals surface area contributed by atoms with Gasteiger partial charge in [-0.3, -0.25) is 4.90 Å². The third kappa shape index (κ3) is 3.67. The minimum Gasteiger partial charge on any atom is -0.334 e. The number of aryl methyl sites for hydroxylation is 1. The predicted octanol–water partition coefficient (Wildman–Crippen LogP) is 4.02. The number of halogens is 2. The van der Waals surface area contributed by atoms with Crippen LogP contribution in [0.15, 0.2) is 42.5 Å². The third-order valence-electron chi connectivity index (χ3n) is 3.97. The van der Waals surface area contributed by atoms with Gasteiger partial charge in [-0.1, -0.05) is 18.2 Å². The van der Waals surface area contributed by atoms with E-state index in [1.165, 1.54) is 12.1 Å². The Morgan fingerprint density at radius 1 is 1.09 bits per heavy atom. The molecule has 0 spiro atoms. The number of urea groups is 1. The van der Waals surface area contributed by atoms with E-state index >= 15 is 0 Å². The number of benzene rings is 2. The molecule has 0 radical (unpaired) electrons. The standard InChI is InChI=1S/C18H18F2N2O/c19-15-9-13(10-16(20)11-15)12-21-18(23)22-8-4-3-6-14-5-1-2-7-17(14)22/h1-2,5,7,9-11H,3-4,6,8,12H2,(H,21,23). The van der Waals surface area contributed by atoms with Crippen molar-refractivity contribution in [2.45, 2.75) is 25.8 Å². The van der Waals surface area contributed by atoms with Gasteiger partial charge in [0.25, 0.3) is 0 Å². The third-order valence-corrected chi connectivity index (χ3v) is 3.97. The number of carbonyl (C=O) groups excluding carboxylic acids is 1. The number of rotatable bonds is 2. The molecule has 2 aromatic carbocycles. The van der Waals surface area contributed by atoms with E-state index in [2.05, 4.69) is 5.32 Å². The van der Waals surface area contributed by atoms with Crippen molar-refractivity contribution >= 4 is 11.7 Å². The van der Waals surface area contributed by atoms with E-state index in [4.69, 9.17) is 0 Å². The molecule has 0 aromatic heterocycles. The number of nitrogens with one attached hydrogen (secondary N) is 1. The second kappa shape index (κ2) is 6.77. The molecule has 1 aliphatic heterocycles. The van der Waals surface area contributed by atoms with Crippen LogP contribution in [0.25, 0.3) is 0 Å². The first kappa shape index (κ1) is 15.5. The first-order valence-corrected chi connectivity index (χ1v) is 7.72. The van der Waals surface area contributed by atoms with Crippen LogP contribution in [0.4, 0.5) is 19.3 Å². The Kier molecular flexibility index (Phi) is 4.55. The molecule has 120 valence electrons. The smallest absolute Gasteiger partial charge is 0.322 e. The number of hydrogen-bond acceptors (Lipinski definition) is 1. The van der Waals surface area contributed by atoms with E-state index < -0.39 is 11.6 Å². The minimum absolute atomic E-state index is 0.0895. The Morgan fingerprint density at radius 3 is 2.61 bits per heavy atom. The summed E-state index contributed by atoms with van der Waals surface area (Å²) in [4.78, 5) is 14.2. The summed E-state index contributed by atoms with van der Waals surface area (Å²) >= 11 is 0. The molecular weight excluding hydrogens is 298 g/mol. The molecule has 0 aliphatic carbocycles. The van der Waals surface area contributed by atoms with Gasteiger partial charge in [0.05, 0.1) is 0 Å². The molecule has 0 saturated heterocycles. The highest BCUT2D eigenvalue weighted by atomic mass is 19.1. The molecule has 1 N–H and O–H groups in total. The van der Waals surface area contributed by atoms with E-state index in [0.29, 0.717) is 12.1 Å². The van der Waals surface area contributed by atoms with Gasteiger partial charge >= 0.3 is 6.03 Å². The molecule has 3 rings (SSSR count). The van der Waals surface area contributed by atoms with Crippen LogP contribution in [0.1, 0.15) is 24.0 Å². The summed E-state index contributed by atoms with van der Waals surface area (Å²) in [7, 11) is 0. The number of fused-ring (bicyclic) bond motifs is 1.